The van der Waals surface area contributed by atoms with E-state index in [4.69, 9.17) is 14.2 Å². The van der Waals surface area contributed by atoms with Crippen LogP contribution in [0.5, 0.6) is 11.5 Å². The number of unbranched alkanes of at least 4 members (excludes halogenated alkanes) is 2. The van der Waals surface area contributed by atoms with Crippen molar-refractivity contribution in [2.24, 2.45) is 0 Å². The summed E-state index contributed by atoms with van der Waals surface area (Å²) in [5.74, 6) is 1.83. The van der Waals surface area contributed by atoms with Crippen LogP contribution in [0, 0.1) is 6.92 Å². The van der Waals surface area contributed by atoms with Crippen molar-refractivity contribution in [3.8, 4) is 11.5 Å². The molecular weight excluding hydrogens is 585 g/mol. The molecule has 0 unspecified atom stereocenters. The van der Waals surface area contributed by atoms with Gasteiger partial charge in [0, 0.05) is 17.7 Å². The molecule has 0 bridgehead atoms. The summed E-state index contributed by atoms with van der Waals surface area (Å²) < 4.78 is 16.0. The van der Waals surface area contributed by atoms with Gasteiger partial charge in [-0.1, -0.05) is 54.8 Å². The molecule has 2 aromatic carbocycles. The molecule has 3 rings (SSSR count). The minimum absolute atomic E-state index is 0.887. The molecule has 0 saturated carbocycles. The van der Waals surface area contributed by atoms with Gasteiger partial charge in [-0.15, -0.1) is 0 Å². The SMILES string of the molecule is C1CCOC1.CCCCc1ccc(OC)cc1.COc1ccc(Br)cc1.[CH2-]CCC.[Zn+][Br]. The molecular formula is C26H40Br2O3Zn. The van der Waals surface area contributed by atoms with E-state index in [1.165, 1.54) is 60.4 Å². The van der Waals surface area contributed by atoms with Gasteiger partial charge in [-0.2, -0.15) is 6.42 Å². The second kappa shape index (κ2) is 26.8. The topological polar surface area (TPSA) is 27.7 Å². The Labute approximate surface area is 222 Å². The third kappa shape index (κ3) is 21.4. The predicted octanol–water partition coefficient (Wildman–Crippen LogP) is 8.76. The molecule has 1 saturated heterocycles. The van der Waals surface area contributed by atoms with Crippen LogP contribution in [0.1, 0.15) is 57.9 Å². The molecule has 1 aliphatic rings. The molecule has 0 amide bonds. The second-order valence-electron chi connectivity index (χ2n) is 6.78. The molecule has 0 N–H and O–H groups in total. The van der Waals surface area contributed by atoms with Crippen molar-refractivity contribution in [3.05, 3.63) is 65.5 Å². The van der Waals surface area contributed by atoms with E-state index in [0.717, 1.165) is 35.6 Å². The molecule has 0 aliphatic carbocycles. The Hall–Kier alpha value is -0.417. The van der Waals surface area contributed by atoms with Crippen LogP contribution in [0.2, 0.25) is 0 Å². The Morgan fingerprint density at radius 2 is 1.28 bits per heavy atom. The molecule has 1 aliphatic heterocycles. The summed E-state index contributed by atoms with van der Waals surface area (Å²) in [4.78, 5) is 0. The van der Waals surface area contributed by atoms with Crippen molar-refractivity contribution in [1.29, 1.82) is 0 Å². The van der Waals surface area contributed by atoms with Gasteiger partial charge in [0.2, 0.25) is 0 Å². The van der Waals surface area contributed by atoms with E-state index in [-0.39, 0.29) is 0 Å². The zero-order chi connectivity index (χ0) is 24.5. The zero-order valence-electron chi connectivity index (χ0n) is 20.4. The molecule has 3 nitrogen and oxygen atoms in total. The monoisotopic (exact) mass is 622 g/mol. The van der Waals surface area contributed by atoms with Gasteiger partial charge in [0.05, 0.1) is 14.2 Å². The summed E-state index contributed by atoms with van der Waals surface area (Å²) >= 11 is 7.57. The maximum atomic E-state index is 5.07. The van der Waals surface area contributed by atoms with E-state index < -0.39 is 0 Å². The van der Waals surface area contributed by atoms with Crippen LogP contribution in [-0.4, -0.2) is 27.4 Å². The summed E-state index contributed by atoms with van der Waals surface area (Å²) in [5.41, 5.74) is 1.40. The van der Waals surface area contributed by atoms with Crippen LogP contribution < -0.4 is 9.47 Å². The number of benzene rings is 2. The van der Waals surface area contributed by atoms with Crippen LogP contribution in [-0.2, 0) is 27.5 Å². The first-order valence-corrected chi connectivity index (χ1v) is 18.9. The van der Waals surface area contributed by atoms with Crippen molar-refractivity contribution < 1.29 is 30.6 Å². The minimum atomic E-state index is 0.887. The van der Waals surface area contributed by atoms with E-state index in [1.54, 1.807) is 14.2 Å². The molecule has 0 atom stereocenters. The first-order chi connectivity index (χ1) is 15.6. The summed E-state index contributed by atoms with van der Waals surface area (Å²) in [6.07, 6.45) is 8.54. The van der Waals surface area contributed by atoms with Crippen LogP contribution in [0.4, 0.5) is 0 Å². The van der Waals surface area contributed by atoms with Gasteiger partial charge >= 0.3 is 30.0 Å². The summed E-state index contributed by atoms with van der Waals surface area (Å²) in [6, 6.07) is 16.0. The fourth-order valence-electron chi connectivity index (χ4n) is 2.25. The maximum absolute atomic E-state index is 5.07. The van der Waals surface area contributed by atoms with Crippen molar-refractivity contribution in [2.45, 2.75) is 58.8 Å². The molecule has 0 aromatic heterocycles. The molecule has 32 heavy (non-hydrogen) atoms. The Morgan fingerprint density at radius 1 is 0.844 bits per heavy atom. The van der Waals surface area contributed by atoms with E-state index in [0.29, 0.717) is 0 Å². The number of aryl methyl sites for hydroxylation is 1. The third-order valence-corrected chi connectivity index (χ3v) is 4.74. The van der Waals surface area contributed by atoms with Gasteiger partial charge in [-0.05, 0) is 67.6 Å². The van der Waals surface area contributed by atoms with Gasteiger partial charge < -0.3 is 21.1 Å². The number of ether oxygens (including phenoxy) is 3. The fourth-order valence-corrected chi connectivity index (χ4v) is 2.52. The molecule has 0 radical (unpaired) electrons. The Kier molecular flexibility index (Phi) is 28.3. The van der Waals surface area contributed by atoms with Gasteiger partial charge in [-0.25, -0.2) is 0 Å². The number of hydrogen-bond donors (Lipinski definition) is 0. The predicted molar refractivity (Wildman–Crippen MR) is 142 cm³/mol. The van der Waals surface area contributed by atoms with Crippen molar-refractivity contribution in [3.63, 3.8) is 0 Å². The number of rotatable bonds is 6. The van der Waals surface area contributed by atoms with Gasteiger partial charge in [0.1, 0.15) is 11.5 Å². The van der Waals surface area contributed by atoms with Crippen LogP contribution in [0.3, 0.4) is 0 Å². The number of methoxy groups -OCH3 is 2. The zero-order valence-corrected chi connectivity index (χ0v) is 26.5. The molecule has 1 heterocycles. The average molecular weight is 626 g/mol. The van der Waals surface area contributed by atoms with Crippen molar-refractivity contribution in [1.82, 2.24) is 0 Å². The summed E-state index contributed by atoms with van der Waals surface area (Å²) in [7, 11) is 3.35. The normalized spacial score (nSPS) is 11.2. The van der Waals surface area contributed by atoms with Crippen molar-refractivity contribution >= 4 is 29.6 Å². The Balaban J connectivity index is 0. The number of halogens is 2. The fraction of sp³-hybridized carbons (Fsp3) is 0.500. The van der Waals surface area contributed by atoms with E-state index >= 15 is 0 Å². The molecule has 6 heteroatoms. The van der Waals surface area contributed by atoms with Gasteiger partial charge in [0.25, 0.3) is 0 Å². The van der Waals surface area contributed by atoms with Crippen LogP contribution in [0.15, 0.2) is 53.0 Å². The molecule has 0 spiro atoms. The Morgan fingerprint density at radius 3 is 1.59 bits per heavy atom. The summed E-state index contributed by atoms with van der Waals surface area (Å²) in [6.45, 7) is 9.93. The standard InChI is InChI=1S/C11H16O.C7H7BrO.C4H8O.C4H9.BrH.Zn/c1-3-4-5-10-6-8-11(12-2)9-7-10;1-9-7-4-2-6(8)3-5-7;1-2-4-5-3-1;1-3-4-2;;/h6-9H,3-5H2,1-2H3;2-5H,1H3;1-4H2;1,3-4H2,2H3;1H;/q;;;-1;;+2/p-1. The van der Waals surface area contributed by atoms with Gasteiger partial charge in [0.15, 0.2) is 0 Å². The first-order valence-electron chi connectivity index (χ1n) is 11.2. The van der Waals surface area contributed by atoms with E-state index in [2.05, 4.69) is 62.5 Å². The van der Waals surface area contributed by atoms with E-state index in [9.17, 15) is 0 Å². The first kappa shape index (κ1) is 33.8. The van der Waals surface area contributed by atoms with E-state index in [1.807, 2.05) is 36.4 Å². The molecule has 178 valence electrons. The second-order valence-corrected chi connectivity index (χ2v) is 7.70. The molecule has 2 aromatic rings. The summed E-state index contributed by atoms with van der Waals surface area (Å²) in [5, 5.41) is 0. The van der Waals surface area contributed by atoms with Gasteiger partial charge in [-0.3, -0.25) is 0 Å². The third-order valence-electron chi connectivity index (χ3n) is 4.21. The van der Waals surface area contributed by atoms with Crippen LogP contribution in [0.25, 0.3) is 0 Å². The number of hydrogen-bond acceptors (Lipinski definition) is 3. The van der Waals surface area contributed by atoms with Crippen LogP contribution >= 0.6 is 29.6 Å². The van der Waals surface area contributed by atoms with Crippen molar-refractivity contribution in [2.75, 3.05) is 27.4 Å². The average Bonchev–Trinajstić information content (AvgIpc) is 3.46. The quantitative estimate of drug-likeness (QED) is 0.237. The Bertz CT molecular complexity index is 594. The molecule has 1 fully saturated rings.